The van der Waals surface area contributed by atoms with Gasteiger partial charge >= 0.3 is 0 Å². The van der Waals surface area contributed by atoms with Crippen molar-refractivity contribution in [1.29, 1.82) is 0 Å². The van der Waals surface area contributed by atoms with Crippen molar-refractivity contribution in [3.05, 3.63) is 125 Å². The van der Waals surface area contributed by atoms with Crippen LogP contribution in [0.4, 0.5) is 5.69 Å². The third-order valence-corrected chi connectivity index (χ3v) is 9.07. The van der Waals surface area contributed by atoms with Gasteiger partial charge in [-0.15, -0.1) is 0 Å². The highest BCUT2D eigenvalue weighted by Gasteiger charge is 2.59. The first-order valence-electron chi connectivity index (χ1n) is 14.3. The summed E-state index contributed by atoms with van der Waals surface area (Å²) in [6.07, 6.45) is 6.30. The Bertz CT molecular complexity index is 1880. The summed E-state index contributed by atoms with van der Waals surface area (Å²) in [5, 5.41) is 8.80. The van der Waals surface area contributed by atoms with E-state index >= 15 is 0 Å². The van der Waals surface area contributed by atoms with Gasteiger partial charge in [-0.3, -0.25) is 4.79 Å². The van der Waals surface area contributed by atoms with E-state index in [9.17, 15) is 4.79 Å². The van der Waals surface area contributed by atoms with Crippen molar-refractivity contribution in [2.45, 2.75) is 24.9 Å². The second kappa shape index (κ2) is 10.2. The summed E-state index contributed by atoms with van der Waals surface area (Å²) in [6.45, 7) is 4.73. The lowest BCUT2D eigenvalue weighted by molar-refractivity contribution is -0.118. The minimum absolute atomic E-state index is 0.0316. The van der Waals surface area contributed by atoms with Crippen molar-refractivity contribution in [2.24, 2.45) is 0 Å². The number of nitrogens with zero attached hydrogens (tertiary/aromatic N) is 3. The molecule has 1 saturated heterocycles. The van der Waals surface area contributed by atoms with Crippen LogP contribution in [-0.4, -0.2) is 35.0 Å². The highest BCUT2D eigenvalue weighted by Crippen LogP contribution is 2.52. The van der Waals surface area contributed by atoms with Crippen LogP contribution >= 0.6 is 11.6 Å². The largest absolute Gasteiger partial charge is 0.495 e. The lowest BCUT2D eigenvalue weighted by Gasteiger charge is -2.40. The van der Waals surface area contributed by atoms with Gasteiger partial charge in [-0.05, 0) is 59.2 Å². The van der Waals surface area contributed by atoms with Crippen LogP contribution in [0.2, 0.25) is 5.02 Å². The van der Waals surface area contributed by atoms with Crippen LogP contribution in [0, 0.1) is 0 Å². The molecular formula is C36H31ClN4O2. The van der Waals surface area contributed by atoms with Crippen LogP contribution in [0.5, 0.6) is 5.75 Å². The summed E-state index contributed by atoms with van der Waals surface area (Å²) >= 11 is 6.51. The first-order chi connectivity index (χ1) is 20.8. The number of rotatable bonds is 6. The molecule has 2 aliphatic rings. The summed E-state index contributed by atoms with van der Waals surface area (Å²) in [5.41, 5.74) is 7.14. The monoisotopic (exact) mass is 586 g/mol. The molecule has 7 rings (SSSR count). The molecule has 1 fully saturated rings. The van der Waals surface area contributed by atoms with E-state index in [0.717, 1.165) is 39.3 Å². The maximum Gasteiger partial charge on any atom is 0.241 e. The second-order valence-corrected chi connectivity index (χ2v) is 11.9. The number of methoxy groups -OCH3 is 1. The molecular weight excluding hydrogens is 556 g/mol. The standard InChI is InChI=1S/C36H31ClN4O2/c1-35(2)29-11-7-8-12-31(29)40-23-33(42)38-36(35,40)20-19-24-13-15-25(16-14-24)28-22-41(27-9-5-4-6-10-27)39-34(28)26-17-18-32(43-3)30(37)21-26/h4-22H,23H2,1-3H3,(H,38,42)/b20-19+/t36-/m0/s1. The number of anilines is 1. The molecule has 2 aliphatic heterocycles. The van der Waals surface area contributed by atoms with Gasteiger partial charge in [0, 0.05) is 28.4 Å². The molecule has 43 heavy (non-hydrogen) atoms. The van der Waals surface area contributed by atoms with Gasteiger partial charge < -0.3 is 15.0 Å². The fourth-order valence-corrected chi connectivity index (χ4v) is 6.71. The minimum atomic E-state index is -0.635. The molecule has 1 amide bonds. The lowest BCUT2D eigenvalue weighted by atomic mass is 9.75. The van der Waals surface area contributed by atoms with Crippen molar-refractivity contribution in [1.82, 2.24) is 15.1 Å². The van der Waals surface area contributed by atoms with Gasteiger partial charge in [0.1, 0.15) is 17.1 Å². The number of benzene rings is 4. The Morgan fingerprint density at radius 1 is 0.930 bits per heavy atom. The van der Waals surface area contributed by atoms with Gasteiger partial charge in [0.15, 0.2) is 0 Å². The Balaban J connectivity index is 1.25. The molecule has 0 unspecified atom stereocenters. The Kier molecular flexibility index (Phi) is 6.40. The van der Waals surface area contributed by atoms with Crippen LogP contribution < -0.4 is 15.0 Å². The highest BCUT2D eigenvalue weighted by atomic mass is 35.5. The summed E-state index contributed by atoms with van der Waals surface area (Å²) in [4.78, 5) is 14.9. The molecule has 0 saturated carbocycles. The summed E-state index contributed by atoms with van der Waals surface area (Å²) in [5.74, 6) is 0.653. The van der Waals surface area contributed by atoms with Gasteiger partial charge in [0.2, 0.25) is 5.91 Å². The zero-order chi connectivity index (χ0) is 29.8. The molecule has 0 bridgehead atoms. The van der Waals surface area contributed by atoms with Crippen LogP contribution in [-0.2, 0) is 10.2 Å². The van der Waals surface area contributed by atoms with E-state index in [-0.39, 0.29) is 11.3 Å². The van der Waals surface area contributed by atoms with Gasteiger partial charge in [0.25, 0.3) is 0 Å². The number of fused-ring (bicyclic) bond motifs is 3. The summed E-state index contributed by atoms with van der Waals surface area (Å²) in [7, 11) is 1.61. The normalized spacial score (nSPS) is 18.5. The van der Waals surface area contributed by atoms with Gasteiger partial charge in [-0.25, -0.2) is 4.68 Å². The molecule has 4 aromatic carbocycles. The predicted molar refractivity (Wildman–Crippen MR) is 173 cm³/mol. The number of amides is 1. The number of carbonyl (C=O) groups is 1. The first kappa shape index (κ1) is 27.0. The third-order valence-electron chi connectivity index (χ3n) is 8.78. The van der Waals surface area contributed by atoms with E-state index in [2.05, 4.69) is 84.9 Å². The fourth-order valence-electron chi connectivity index (χ4n) is 6.46. The van der Waals surface area contributed by atoms with Crippen molar-refractivity contribution in [2.75, 3.05) is 18.6 Å². The smallest absolute Gasteiger partial charge is 0.241 e. The van der Waals surface area contributed by atoms with Crippen LogP contribution in [0.15, 0.2) is 109 Å². The third kappa shape index (κ3) is 4.33. The molecule has 6 nitrogen and oxygen atoms in total. The average Bonchev–Trinajstić information content (AvgIpc) is 3.67. The molecule has 0 spiro atoms. The van der Waals surface area contributed by atoms with Crippen molar-refractivity contribution >= 4 is 29.3 Å². The summed E-state index contributed by atoms with van der Waals surface area (Å²) in [6, 6.07) is 32.6. The molecule has 3 heterocycles. The molecule has 214 valence electrons. The van der Waals surface area contributed by atoms with E-state index in [1.165, 1.54) is 5.56 Å². The zero-order valence-corrected chi connectivity index (χ0v) is 25.0. The number of ether oxygens (including phenoxy) is 1. The van der Waals surface area contributed by atoms with Gasteiger partial charge in [-0.2, -0.15) is 5.10 Å². The number of hydrogen-bond acceptors (Lipinski definition) is 4. The molecule has 0 radical (unpaired) electrons. The van der Waals surface area contributed by atoms with E-state index in [1.54, 1.807) is 7.11 Å². The van der Waals surface area contributed by atoms with E-state index in [4.69, 9.17) is 21.4 Å². The molecule has 5 aromatic rings. The van der Waals surface area contributed by atoms with Crippen LogP contribution in [0.25, 0.3) is 34.1 Å². The van der Waals surface area contributed by atoms with Crippen molar-refractivity contribution < 1.29 is 9.53 Å². The fraction of sp³-hybridized carbons (Fsp3) is 0.167. The van der Waals surface area contributed by atoms with E-state index in [0.29, 0.717) is 17.3 Å². The number of carbonyl (C=O) groups excluding carboxylic acids is 1. The molecule has 0 aliphatic carbocycles. The second-order valence-electron chi connectivity index (χ2n) is 11.5. The number of hydrogen-bond donors (Lipinski definition) is 1. The number of halogens is 1. The Labute approximate surface area is 256 Å². The maximum absolute atomic E-state index is 12.7. The Morgan fingerprint density at radius 2 is 1.65 bits per heavy atom. The molecule has 1 atom stereocenters. The van der Waals surface area contributed by atoms with Crippen molar-refractivity contribution in [3.63, 3.8) is 0 Å². The van der Waals surface area contributed by atoms with Crippen LogP contribution in [0.1, 0.15) is 25.0 Å². The predicted octanol–water partition coefficient (Wildman–Crippen LogP) is 7.51. The van der Waals surface area contributed by atoms with Gasteiger partial charge in [-0.1, -0.05) is 92.2 Å². The van der Waals surface area contributed by atoms with Crippen LogP contribution in [0.3, 0.4) is 0 Å². The zero-order valence-electron chi connectivity index (χ0n) is 24.2. The topological polar surface area (TPSA) is 59.4 Å². The van der Waals surface area contributed by atoms with E-state index < -0.39 is 5.66 Å². The quantitative estimate of drug-likeness (QED) is 0.224. The highest BCUT2D eigenvalue weighted by molar-refractivity contribution is 6.32. The molecule has 7 heteroatoms. The number of aromatic nitrogens is 2. The van der Waals surface area contributed by atoms with Gasteiger partial charge in [0.05, 0.1) is 24.4 Å². The Morgan fingerprint density at radius 3 is 2.40 bits per heavy atom. The first-order valence-corrected chi connectivity index (χ1v) is 14.7. The average molecular weight is 587 g/mol. The number of nitrogens with one attached hydrogen (secondary N) is 1. The van der Waals surface area contributed by atoms with E-state index in [1.807, 2.05) is 59.3 Å². The lowest BCUT2D eigenvalue weighted by Crippen LogP contribution is -2.58. The molecule has 1 aromatic heterocycles. The SMILES string of the molecule is COc1ccc(-c2nn(-c3ccccc3)cc2-c2ccc(/C=C/[C@]34NC(=O)CN3c3ccccc3C4(C)C)cc2)cc1Cl. The van der Waals surface area contributed by atoms with Crippen molar-refractivity contribution in [3.8, 4) is 33.8 Å². The maximum atomic E-state index is 12.7. The molecule has 1 N–H and O–H groups in total. The minimum Gasteiger partial charge on any atom is -0.495 e. The Hall–Kier alpha value is -4.81. The number of para-hydroxylation sites is 2. The summed E-state index contributed by atoms with van der Waals surface area (Å²) < 4.78 is 7.27.